The molecule has 3 aliphatic rings. The number of imidazole rings is 1. The zero-order valence-electron chi connectivity index (χ0n) is 31.5. The molecule has 6 rings (SSSR count). The van der Waals surface area contributed by atoms with Gasteiger partial charge in [0, 0.05) is 36.8 Å². The number of alkyl carbamates (subject to hydrolysis) is 1. The van der Waals surface area contributed by atoms with Crippen molar-refractivity contribution in [1.82, 2.24) is 30.5 Å². The quantitative estimate of drug-likeness (QED) is 0.112. The number of likely N-dealkylation sites (tertiary alicyclic amines) is 1. The third-order valence-electron chi connectivity index (χ3n) is 10.3. The smallest absolute Gasteiger partial charge is 0.408 e. The zero-order chi connectivity index (χ0) is 39.9. The number of benzene rings is 1. The normalized spacial score (nSPS) is 23.2. The average molecular weight is 782 g/mol. The lowest BCUT2D eigenvalue weighted by atomic mass is 9.85. The van der Waals surface area contributed by atoms with Crippen molar-refractivity contribution in [3.05, 3.63) is 43.1 Å². The van der Waals surface area contributed by atoms with Crippen LogP contribution >= 0.6 is 7.60 Å². The van der Waals surface area contributed by atoms with Crippen molar-refractivity contribution in [3.8, 4) is 22.9 Å². The van der Waals surface area contributed by atoms with Crippen LogP contribution in [-0.2, 0) is 23.7 Å². The van der Waals surface area contributed by atoms with Crippen LogP contribution in [0.5, 0.6) is 11.5 Å². The lowest BCUT2D eigenvalue weighted by molar-refractivity contribution is -0.142. The summed E-state index contributed by atoms with van der Waals surface area (Å²) in [5.74, 6) is -1.25. The summed E-state index contributed by atoms with van der Waals surface area (Å²) in [4.78, 5) is 87.3. The van der Waals surface area contributed by atoms with Crippen molar-refractivity contribution in [3.63, 3.8) is 0 Å². The molecule has 0 unspecified atom stereocenters. The monoisotopic (exact) mass is 781 g/mol. The van der Waals surface area contributed by atoms with Gasteiger partial charge in [0.2, 0.25) is 23.7 Å². The van der Waals surface area contributed by atoms with Gasteiger partial charge in [0.15, 0.2) is 0 Å². The predicted octanol–water partition coefficient (Wildman–Crippen LogP) is 4.22. The number of hydrogen-bond acceptors (Lipinski definition) is 10. The van der Waals surface area contributed by atoms with Crippen LogP contribution < -0.4 is 25.4 Å². The first kappa shape index (κ1) is 39.7. The molecule has 3 aromatic rings. The second-order valence-electron chi connectivity index (χ2n) is 15.5. The fraction of sp³-hybridized carbons (Fsp3) is 0.514. The van der Waals surface area contributed by atoms with E-state index >= 15 is 0 Å². The van der Waals surface area contributed by atoms with Gasteiger partial charge >= 0.3 is 13.7 Å². The van der Waals surface area contributed by atoms with E-state index in [1.54, 1.807) is 45.0 Å². The minimum absolute atomic E-state index is 0.0151. The molecular weight excluding hydrogens is 733 g/mol. The summed E-state index contributed by atoms with van der Waals surface area (Å²) in [5, 5.41) is 6.65. The van der Waals surface area contributed by atoms with Gasteiger partial charge in [0.1, 0.15) is 41.1 Å². The molecule has 6 N–H and O–H groups in total. The van der Waals surface area contributed by atoms with Crippen molar-refractivity contribution in [2.45, 2.75) is 95.8 Å². The maximum atomic E-state index is 14.6. The number of rotatable bonds is 12. The highest BCUT2D eigenvalue weighted by Gasteiger charge is 2.66. The van der Waals surface area contributed by atoms with Gasteiger partial charge in [-0.25, -0.2) is 14.8 Å². The van der Waals surface area contributed by atoms with Gasteiger partial charge in [-0.2, -0.15) is 0 Å². The number of hydrogen-bond donors (Lipinski definition) is 6. The highest BCUT2D eigenvalue weighted by Crippen LogP contribution is 2.67. The Hall–Kier alpha value is -4.99. The van der Waals surface area contributed by atoms with Gasteiger partial charge in [-0.3, -0.25) is 24.3 Å². The standard InChI is InChI=1S/C37H48N7O10P/c1-7-21-17-37(21,55(49,50)51)43-32(46)29-15-24(19-44(29)33(47)31(36(3,4)5)42-35(48)54-22-10-8-9-11-22)53-30-16-27(28-18-38-34(41-28)39-20(2)45)40-26-14-23(52-6)12-13-25(26)30/h7,12-14,16,18,21-22,24,29,31H,1,8-11,15,17,19H2,2-6H3,(H,42,48)(H,43,46)(H2,49,50,51)(H2,38,39,41,45)/t21-,24-,29+,31-,37+/m1/s1. The number of carbonyl (C=O) groups is 4. The van der Waals surface area contributed by atoms with Crippen LogP contribution in [0.1, 0.15) is 66.2 Å². The molecule has 1 aromatic carbocycles. The number of pyridine rings is 1. The molecule has 18 heteroatoms. The Labute approximate surface area is 318 Å². The minimum Gasteiger partial charge on any atom is -0.497 e. The molecule has 0 bridgehead atoms. The van der Waals surface area contributed by atoms with Crippen LogP contribution in [0.25, 0.3) is 22.3 Å². The molecule has 2 saturated carbocycles. The highest BCUT2D eigenvalue weighted by atomic mass is 31.2. The topological polar surface area (TPSA) is 234 Å². The maximum absolute atomic E-state index is 14.6. The zero-order valence-corrected chi connectivity index (χ0v) is 32.4. The number of nitrogens with zero attached hydrogens (tertiary/aromatic N) is 3. The van der Waals surface area contributed by atoms with Crippen LogP contribution in [-0.4, -0.2) is 96.7 Å². The number of anilines is 1. The molecule has 17 nitrogen and oxygen atoms in total. The van der Waals surface area contributed by atoms with E-state index in [1.807, 2.05) is 0 Å². The van der Waals surface area contributed by atoms with Gasteiger partial charge in [0.25, 0.3) is 0 Å². The van der Waals surface area contributed by atoms with E-state index in [0.29, 0.717) is 33.8 Å². The molecular formula is C37H48N7O10P. The Bertz CT molecular complexity index is 2040. The molecule has 55 heavy (non-hydrogen) atoms. The third-order valence-corrected chi connectivity index (χ3v) is 12.0. The van der Waals surface area contributed by atoms with E-state index in [9.17, 15) is 33.5 Å². The first-order chi connectivity index (χ1) is 25.9. The number of methoxy groups -OCH3 is 1. The van der Waals surface area contributed by atoms with Crippen LogP contribution in [0.2, 0.25) is 0 Å². The first-order valence-electron chi connectivity index (χ1n) is 18.2. The molecule has 5 atom stereocenters. The summed E-state index contributed by atoms with van der Waals surface area (Å²) in [6.45, 7) is 10.2. The maximum Gasteiger partial charge on any atom is 0.408 e. The summed E-state index contributed by atoms with van der Waals surface area (Å²) in [6.07, 6.45) is 4.37. The fourth-order valence-electron chi connectivity index (χ4n) is 7.30. The van der Waals surface area contributed by atoms with Crippen LogP contribution in [0.15, 0.2) is 43.1 Å². The van der Waals surface area contributed by atoms with Crippen molar-refractivity contribution < 1.29 is 47.7 Å². The Morgan fingerprint density at radius 1 is 1.15 bits per heavy atom. The molecule has 1 aliphatic heterocycles. The number of amides is 4. The molecule has 296 valence electrons. The summed E-state index contributed by atoms with van der Waals surface area (Å²) < 4.78 is 30.3. The summed E-state index contributed by atoms with van der Waals surface area (Å²) in [7, 11) is -3.33. The first-order valence-corrected chi connectivity index (χ1v) is 19.8. The SMILES string of the molecule is C=C[C@@H]1C[C@]1(NC(=O)[C@@H]1C[C@@H](Oc2cc(-c3cnc(NC(C)=O)[nH]3)nc3cc(OC)ccc23)CN1C(=O)[C@@H](NC(=O)OC1CCCC1)C(C)(C)C)P(=O)(O)O. The summed E-state index contributed by atoms with van der Waals surface area (Å²) in [5.41, 5.74) is 0.531. The lowest BCUT2D eigenvalue weighted by Gasteiger charge is -2.35. The Balaban J connectivity index is 1.34. The van der Waals surface area contributed by atoms with Gasteiger partial charge < -0.3 is 44.5 Å². The average Bonchev–Trinajstić information content (AvgIpc) is 3.50. The summed E-state index contributed by atoms with van der Waals surface area (Å²) >= 11 is 0. The van der Waals surface area contributed by atoms with Crippen LogP contribution in [0.3, 0.4) is 0 Å². The number of aromatic nitrogens is 3. The molecule has 0 radical (unpaired) electrons. The van der Waals surface area contributed by atoms with Crippen molar-refractivity contribution in [2.24, 2.45) is 11.3 Å². The van der Waals surface area contributed by atoms with Gasteiger partial charge in [0.05, 0.1) is 36.8 Å². The second-order valence-corrected chi connectivity index (χ2v) is 17.3. The van der Waals surface area contributed by atoms with E-state index in [2.05, 4.69) is 32.5 Å². The fourth-order valence-corrected chi connectivity index (χ4v) is 8.53. The number of carbonyl (C=O) groups excluding carboxylic acids is 4. The lowest BCUT2D eigenvalue weighted by Crippen LogP contribution is -2.58. The Morgan fingerprint density at radius 2 is 1.87 bits per heavy atom. The number of fused-ring (bicyclic) bond motifs is 1. The van der Waals surface area contributed by atoms with E-state index in [4.69, 9.17) is 19.2 Å². The highest BCUT2D eigenvalue weighted by molar-refractivity contribution is 7.54. The molecule has 2 aromatic heterocycles. The molecule has 3 fully saturated rings. The largest absolute Gasteiger partial charge is 0.497 e. The molecule has 4 amide bonds. The predicted molar refractivity (Wildman–Crippen MR) is 201 cm³/mol. The Morgan fingerprint density at radius 3 is 2.49 bits per heavy atom. The second kappa shape index (κ2) is 15.3. The minimum atomic E-state index is -4.85. The van der Waals surface area contributed by atoms with Crippen molar-refractivity contribution in [2.75, 3.05) is 19.0 Å². The van der Waals surface area contributed by atoms with Crippen LogP contribution in [0.4, 0.5) is 10.7 Å². The van der Waals surface area contributed by atoms with E-state index < -0.39 is 60.3 Å². The van der Waals surface area contributed by atoms with Gasteiger partial charge in [-0.05, 0) is 49.7 Å². The third kappa shape index (κ3) is 8.48. The van der Waals surface area contributed by atoms with Crippen molar-refractivity contribution >= 4 is 48.3 Å². The van der Waals surface area contributed by atoms with E-state index in [1.165, 1.54) is 31.2 Å². The Kier molecular flexibility index (Phi) is 11.0. The molecule has 2 aliphatic carbocycles. The van der Waals surface area contributed by atoms with Crippen LogP contribution in [0, 0.1) is 11.3 Å². The molecule has 1 saturated heterocycles. The van der Waals surface area contributed by atoms with Gasteiger partial charge in [-0.1, -0.05) is 26.8 Å². The summed E-state index contributed by atoms with van der Waals surface area (Å²) in [6, 6.07) is 4.52. The van der Waals surface area contributed by atoms with Gasteiger partial charge in [-0.15, -0.1) is 6.58 Å². The van der Waals surface area contributed by atoms with E-state index in [0.717, 1.165) is 25.7 Å². The number of ether oxygens (including phenoxy) is 3. The number of nitrogens with one attached hydrogen (secondary N) is 4. The number of aromatic amines is 1. The van der Waals surface area contributed by atoms with E-state index in [-0.39, 0.29) is 37.3 Å². The number of H-pyrrole nitrogens is 1. The van der Waals surface area contributed by atoms with Crippen molar-refractivity contribution in [1.29, 1.82) is 0 Å². The molecule has 3 heterocycles. The molecule has 0 spiro atoms.